The van der Waals surface area contributed by atoms with Crippen LogP contribution >= 0.6 is 11.6 Å². The van der Waals surface area contributed by atoms with Gasteiger partial charge in [-0.25, -0.2) is 4.79 Å². The number of carbonyl (C=O) groups excluding carboxylic acids is 1. The number of benzene rings is 2. The van der Waals surface area contributed by atoms with Crippen molar-refractivity contribution in [3.05, 3.63) is 70.7 Å². The van der Waals surface area contributed by atoms with E-state index < -0.39 is 5.97 Å². The Hall–Kier alpha value is -2.57. The Labute approximate surface area is 183 Å². The second kappa shape index (κ2) is 12.9. The van der Waals surface area contributed by atoms with E-state index in [9.17, 15) is 9.59 Å². The number of carboxylic acids is 1. The van der Waals surface area contributed by atoms with Crippen molar-refractivity contribution in [2.45, 2.75) is 38.8 Å². The molecule has 6 nitrogen and oxygen atoms in total. The number of nitrogens with zero attached hydrogens (tertiary/aromatic N) is 1. The van der Waals surface area contributed by atoms with E-state index in [-0.39, 0.29) is 18.5 Å². The normalized spacial score (nSPS) is 11.8. The molecule has 0 heterocycles. The van der Waals surface area contributed by atoms with Crippen molar-refractivity contribution in [1.82, 2.24) is 15.5 Å². The Morgan fingerprint density at radius 2 is 1.67 bits per heavy atom. The van der Waals surface area contributed by atoms with Crippen molar-refractivity contribution in [3.63, 3.8) is 0 Å². The lowest BCUT2D eigenvalue weighted by molar-refractivity contribution is -0.137. The fourth-order valence-electron chi connectivity index (χ4n) is 3.21. The van der Waals surface area contributed by atoms with Crippen LogP contribution in [0.2, 0.25) is 5.02 Å². The number of carbonyl (C=O) groups is 2. The number of halogens is 1. The minimum absolute atomic E-state index is 0.128. The molecular formula is C23H30ClN3O3. The Morgan fingerprint density at radius 1 is 1.00 bits per heavy atom. The lowest BCUT2D eigenvalue weighted by Crippen LogP contribution is -2.37. The van der Waals surface area contributed by atoms with Crippen LogP contribution in [0.1, 0.15) is 43.4 Å². The van der Waals surface area contributed by atoms with Crippen molar-refractivity contribution in [3.8, 4) is 0 Å². The summed E-state index contributed by atoms with van der Waals surface area (Å²) in [6.45, 7) is 4.56. The van der Waals surface area contributed by atoms with Crippen molar-refractivity contribution in [1.29, 1.82) is 0 Å². The van der Waals surface area contributed by atoms with E-state index in [0.717, 1.165) is 24.1 Å². The first-order chi connectivity index (χ1) is 14.5. The van der Waals surface area contributed by atoms with Crippen LogP contribution in [0.15, 0.2) is 54.6 Å². The lowest BCUT2D eigenvalue weighted by Gasteiger charge is -2.29. The second-order valence-corrected chi connectivity index (χ2v) is 7.65. The summed E-state index contributed by atoms with van der Waals surface area (Å²) in [6, 6.07) is 17.4. The van der Waals surface area contributed by atoms with Crippen LogP contribution in [0, 0.1) is 0 Å². The molecule has 162 valence electrons. The average Bonchev–Trinajstić information content (AvgIpc) is 2.74. The number of carboxylic acid groups (broad SMARTS) is 1. The maximum absolute atomic E-state index is 12.0. The SMILES string of the molecule is CC(c1ccc(Cl)cc1)N(CCCNC(=O)NCc1ccccc1)CCCC(=O)O. The summed E-state index contributed by atoms with van der Waals surface area (Å²) in [5.41, 5.74) is 2.18. The van der Waals surface area contributed by atoms with Crippen LogP contribution < -0.4 is 10.6 Å². The fourth-order valence-corrected chi connectivity index (χ4v) is 3.34. The molecule has 0 saturated carbocycles. The highest BCUT2D eigenvalue weighted by molar-refractivity contribution is 6.30. The third-order valence-corrected chi connectivity index (χ3v) is 5.19. The zero-order chi connectivity index (χ0) is 21.8. The van der Waals surface area contributed by atoms with Crippen molar-refractivity contribution < 1.29 is 14.7 Å². The molecule has 0 radical (unpaired) electrons. The average molecular weight is 432 g/mol. The largest absolute Gasteiger partial charge is 0.481 e. The number of nitrogens with one attached hydrogen (secondary N) is 2. The van der Waals surface area contributed by atoms with Crippen molar-refractivity contribution in [2.75, 3.05) is 19.6 Å². The first-order valence-electron chi connectivity index (χ1n) is 10.2. The Balaban J connectivity index is 1.78. The lowest BCUT2D eigenvalue weighted by atomic mass is 10.1. The molecule has 0 fully saturated rings. The Bertz CT molecular complexity index is 784. The first kappa shape index (κ1) is 23.7. The predicted octanol–water partition coefficient (Wildman–Crippen LogP) is 4.46. The van der Waals surface area contributed by atoms with Gasteiger partial charge in [-0.05, 0) is 49.6 Å². The molecule has 7 heteroatoms. The van der Waals surface area contributed by atoms with Gasteiger partial charge in [-0.2, -0.15) is 0 Å². The molecular weight excluding hydrogens is 402 g/mol. The standard InChI is InChI=1S/C23H30ClN3O3/c1-18(20-10-12-21(24)13-11-20)27(15-5-9-22(28)29)16-6-14-25-23(30)26-17-19-7-3-2-4-8-19/h2-4,7-8,10-13,18H,5-6,9,14-17H2,1H3,(H,28,29)(H2,25,26,30). The third-order valence-electron chi connectivity index (χ3n) is 4.94. The van der Waals surface area contributed by atoms with E-state index in [2.05, 4.69) is 22.5 Å². The van der Waals surface area contributed by atoms with Gasteiger partial charge in [0.2, 0.25) is 0 Å². The zero-order valence-electron chi connectivity index (χ0n) is 17.3. The molecule has 0 saturated heterocycles. The maximum atomic E-state index is 12.0. The minimum Gasteiger partial charge on any atom is -0.481 e. The smallest absolute Gasteiger partial charge is 0.315 e. The van der Waals surface area contributed by atoms with Crippen LogP contribution in [0.5, 0.6) is 0 Å². The molecule has 30 heavy (non-hydrogen) atoms. The number of amides is 2. The molecule has 1 atom stereocenters. The maximum Gasteiger partial charge on any atom is 0.315 e. The topological polar surface area (TPSA) is 81.7 Å². The Kier molecular flexibility index (Phi) is 10.2. The molecule has 2 aromatic rings. The monoisotopic (exact) mass is 431 g/mol. The highest BCUT2D eigenvalue weighted by atomic mass is 35.5. The van der Waals surface area contributed by atoms with Crippen LogP contribution in [-0.2, 0) is 11.3 Å². The molecule has 0 aliphatic carbocycles. The summed E-state index contributed by atoms with van der Waals surface area (Å²) >= 11 is 5.99. The fraction of sp³-hybridized carbons (Fsp3) is 0.391. The molecule has 0 aromatic heterocycles. The van der Waals surface area contributed by atoms with Gasteiger partial charge in [0.25, 0.3) is 0 Å². The molecule has 3 N–H and O–H groups in total. The van der Waals surface area contributed by atoms with Gasteiger partial charge in [0, 0.05) is 37.1 Å². The van der Waals surface area contributed by atoms with Crippen LogP contribution in [0.4, 0.5) is 4.79 Å². The van der Waals surface area contributed by atoms with E-state index in [1.165, 1.54) is 0 Å². The molecule has 0 aliphatic heterocycles. The summed E-state index contributed by atoms with van der Waals surface area (Å²) in [5, 5.41) is 15.3. The van der Waals surface area contributed by atoms with E-state index in [4.69, 9.17) is 16.7 Å². The van der Waals surface area contributed by atoms with Crippen LogP contribution in [0.25, 0.3) is 0 Å². The molecule has 1 unspecified atom stereocenters. The quantitative estimate of drug-likeness (QED) is 0.433. The molecule has 0 aliphatic rings. The van der Waals surface area contributed by atoms with E-state index >= 15 is 0 Å². The van der Waals surface area contributed by atoms with Gasteiger partial charge in [-0.15, -0.1) is 0 Å². The van der Waals surface area contributed by atoms with Gasteiger partial charge >= 0.3 is 12.0 Å². The molecule has 0 bridgehead atoms. The first-order valence-corrected chi connectivity index (χ1v) is 10.6. The molecule has 2 aromatic carbocycles. The highest BCUT2D eigenvalue weighted by Gasteiger charge is 2.16. The van der Waals surface area contributed by atoms with Gasteiger partial charge in [0.05, 0.1) is 0 Å². The molecule has 2 amide bonds. The minimum atomic E-state index is -0.786. The van der Waals surface area contributed by atoms with Gasteiger partial charge in [-0.3, -0.25) is 9.69 Å². The summed E-state index contributed by atoms with van der Waals surface area (Å²) in [6.07, 6.45) is 1.49. The third kappa shape index (κ3) is 8.84. The molecule has 0 spiro atoms. The van der Waals surface area contributed by atoms with Gasteiger partial charge in [-0.1, -0.05) is 54.1 Å². The van der Waals surface area contributed by atoms with Crippen molar-refractivity contribution >= 4 is 23.6 Å². The van der Waals surface area contributed by atoms with Crippen molar-refractivity contribution in [2.24, 2.45) is 0 Å². The highest BCUT2D eigenvalue weighted by Crippen LogP contribution is 2.22. The summed E-state index contributed by atoms with van der Waals surface area (Å²) in [5.74, 6) is -0.786. The van der Waals surface area contributed by atoms with Gasteiger partial charge in [0.1, 0.15) is 0 Å². The molecule has 2 rings (SSSR count). The second-order valence-electron chi connectivity index (χ2n) is 7.21. The number of aliphatic carboxylic acids is 1. The number of rotatable bonds is 12. The number of urea groups is 1. The van der Waals surface area contributed by atoms with Crippen LogP contribution in [0.3, 0.4) is 0 Å². The predicted molar refractivity (Wildman–Crippen MR) is 120 cm³/mol. The number of hydrogen-bond donors (Lipinski definition) is 3. The zero-order valence-corrected chi connectivity index (χ0v) is 18.1. The van der Waals surface area contributed by atoms with E-state index in [1.54, 1.807) is 0 Å². The summed E-state index contributed by atoms with van der Waals surface area (Å²) < 4.78 is 0. The summed E-state index contributed by atoms with van der Waals surface area (Å²) in [7, 11) is 0. The Morgan fingerprint density at radius 3 is 2.33 bits per heavy atom. The summed E-state index contributed by atoms with van der Waals surface area (Å²) in [4.78, 5) is 25.1. The van der Waals surface area contributed by atoms with E-state index in [0.29, 0.717) is 31.1 Å². The van der Waals surface area contributed by atoms with E-state index in [1.807, 2.05) is 54.6 Å². The van der Waals surface area contributed by atoms with Gasteiger partial charge in [0.15, 0.2) is 0 Å². The van der Waals surface area contributed by atoms with Crippen LogP contribution in [-0.4, -0.2) is 41.6 Å². The van der Waals surface area contributed by atoms with Gasteiger partial charge < -0.3 is 15.7 Å². The number of hydrogen-bond acceptors (Lipinski definition) is 3.